The van der Waals surface area contributed by atoms with Crippen LogP contribution in [0.4, 0.5) is 0 Å². The molecule has 1 N–H and O–H groups in total. The van der Waals surface area contributed by atoms with Gasteiger partial charge in [-0.1, -0.05) is 27.2 Å². The van der Waals surface area contributed by atoms with E-state index in [4.69, 9.17) is 0 Å². The van der Waals surface area contributed by atoms with Gasteiger partial charge in [-0.25, -0.2) is 8.42 Å². The Hall–Kier alpha value is -0.0900. The van der Waals surface area contributed by atoms with Gasteiger partial charge < -0.3 is 5.32 Å². The maximum Gasteiger partial charge on any atom is 0.151 e. The molecule has 0 heterocycles. The van der Waals surface area contributed by atoms with Crippen molar-refractivity contribution in [2.75, 3.05) is 12.8 Å². The van der Waals surface area contributed by atoms with Crippen LogP contribution in [0.1, 0.15) is 40.5 Å². The molecule has 0 spiro atoms. The van der Waals surface area contributed by atoms with Gasteiger partial charge >= 0.3 is 0 Å². The fourth-order valence-corrected chi connectivity index (χ4v) is 2.86. The average molecular weight is 235 g/mol. The second kappa shape index (κ2) is 6.48. The standard InChI is InChI=1S/C11H25NO2S/c1-6-8-9(3)11(12-7-2)10(4)15(5,13)14/h9-12H,6-8H2,1-5H3. The summed E-state index contributed by atoms with van der Waals surface area (Å²) >= 11 is 0. The van der Waals surface area contributed by atoms with E-state index in [1.54, 1.807) is 6.92 Å². The molecular formula is C11H25NO2S. The number of nitrogens with one attached hydrogen (secondary N) is 1. The minimum atomic E-state index is -2.95. The molecule has 0 saturated carbocycles. The summed E-state index contributed by atoms with van der Waals surface area (Å²) in [6, 6.07) is 0.0740. The largest absolute Gasteiger partial charge is 0.313 e. The minimum absolute atomic E-state index is 0.0740. The molecule has 0 fully saturated rings. The quantitative estimate of drug-likeness (QED) is 0.732. The van der Waals surface area contributed by atoms with Gasteiger partial charge in [-0.3, -0.25) is 0 Å². The second-order valence-electron chi connectivity index (χ2n) is 4.38. The summed E-state index contributed by atoms with van der Waals surface area (Å²) in [4.78, 5) is 0. The van der Waals surface area contributed by atoms with Crippen LogP contribution in [0.25, 0.3) is 0 Å². The first-order chi connectivity index (χ1) is 6.84. The Labute approximate surface area is 94.6 Å². The molecule has 0 amide bonds. The molecule has 0 aromatic carbocycles. The van der Waals surface area contributed by atoms with E-state index in [1.807, 2.05) is 6.92 Å². The van der Waals surface area contributed by atoms with E-state index < -0.39 is 9.84 Å². The molecule has 3 atom stereocenters. The molecule has 0 bridgehead atoms. The van der Waals surface area contributed by atoms with Gasteiger partial charge in [0.2, 0.25) is 0 Å². The summed E-state index contributed by atoms with van der Waals surface area (Å²) in [7, 11) is -2.95. The fraction of sp³-hybridized carbons (Fsp3) is 1.00. The predicted octanol–water partition coefficient (Wildman–Crippen LogP) is 1.83. The predicted molar refractivity (Wildman–Crippen MR) is 65.8 cm³/mol. The zero-order valence-corrected chi connectivity index (χ0v) is 11.4. The van der Waals surface area contributed by atoms with E-state index >= 15 is 0 Å². The summed E-state index contributed by atoms with van der Waals surface area (Å²) in [5.41, 5.74) is 0. The molecule has 0 aliphatic heterocycles. The van der Waals surface area contributed by atoms with Gasteiger partial charge in [0, 0.05) is 12.3 Å². The Bertz CT molecular complexity index is 262. The van der Waals surface area contributed by atoms with Crippen LogP contribution in [-0.2, 0) is 9.84 Å². The molecule has 3 unspecified atom stereocenters. The number of rotatable bonds is 7. The molecule has 0 aliphatic rings. The van der Waals surface area contributed by atoms with E-state index in [-0.39, 0.29) is 11.3 Å². The molecule has 3 nitrogen and oxygen atoms in total. The molecule has 0 aliphatic carbocycles. The molecule has 0 saturated heterocycles. The lowest BCUT2D eigenvalue weighted by Gasteiger charge is -2.29. The molecule has 0 radical (unpaired) electrons. The summed E-state index contributed by atoms with van der Waals surface area (Å²) in [5, 5.41) is 2.99. The lowest BCUT2D eigenvalue weighted by molar-refractivity contribution is 0.351. The third kappa shape index (κ3) is 4.98. The van der Waals surface area contributed by atoms with E-state index in [2.05, 4.69) is 19.2 Å². The topological polar surface area (TPSA) is 46.2 Å². The highest BCUT2D eigenvalue weighted by Gasteiger charge is 2.28. The Kier molecular flexibility index (Phi) is 6.44. The second-order valence-corrected chi connectivity index (χ2v) is 6.79. The van der Waals surface area contributed by atoms with Crippen molar-refractivity contribution in [3.63, 3.8) is 0 Å². The zero-order valence-electron chi connectivity index (χ0n) is 10.6. The summed E-state index contributed by atoms with van der Waals surface area (Å²) in [6.07, 6.45) is 3.48. The highest BCUT2D eigenvalue weighted by Crippen LogP contribution is 2.17. The zero-order chi connectivity index (χ0) is 12.1. The van der Waals surface area contributed by atoms with Crippen molar-refractivity contribution in [3.05, 3.63) is 0 Å². The van der Waals surface area contributed by atoms with E-state index in [0.717, 1.165) is 19.4 Å². The van der Waals surface area contributed by atoms with Crippen LogP contribution in [0.2, 0.25) is 0 Å². The van der Waals surface area contributed by atoms with Gasteiger partial charge in [0.1, 0.15) is 0 Å². The van der Waals surface area contributed by atoms with Crippen LogP contribution in [0, 0.1) is 5.92 Å². The van der Waals surface area contributed by atoms with E-state index in [1.165, 1.54) is 6.26 Å². The molecular weight excluding hydrogens is 210 g/mol. The summed E-state index contributed by atoms with van der Waals surface area (Å²) in [5.74, 6) is 0.402. The summed E-state index contributed by atoms with van der Waals surface area (Å²) < 4.78 is 23.0. The number of hydrogen-bond donors (Lipinski definition) is 1. The van der Waals surface area contributed by atoms with Crippen molar-refractivity contribution < 1.29 is 8.42 Å². The van der Waals surface area contributed by atoms with Gasteiger partial charge in [0.25, 0.3) is 0 Å². The van der Waals surface area contributed by atoms with Crippen molar-refractivity contribution in [2.24, 2.45) is 5.92 Å². The highest BCUT2D eigenvalue weighted by atomic mass is 32.2. The van der Waals surface area contributed by atoms with Crippen molar-refractivity contribution >= 4 is 9.84 Å². The average Bonchev–Trinajstić information content (AvgIpc) is 2.12. The Morgan fingerprint density at radius 3 is 2.07 bits per heavy atom. The lowest BCUT2D eigenvalue weighted by atomic mass is 9.94. The maximum atomic E-state index is 11.5. The van der Waals surface area contributed by atoms with Crippen molar-refractivity contribution in [1.82, 2.24) is 5.32 Å². The first-order valence-corrected chi connectivity index (χ1v) is 7.72. The minimum Gasteiger partial charge on any atom is -0.313 e. The lowest BCUT2D eigenvalue weighted by Crippen LogP contribution is -2.46. The van der Waals surface area contributed by atoms with Gasteiger partial charge in [-0.15, -0.1) is 0 Å². The number of sulfone groups is 1. The van der Waals surface area contributed by atoms with E-state index in [0.29, 0.717) is 5.92 Å². The summed E-state index contributed by atoms with van der Waals surface area (Å²) in [6.45, 7) is 8.89. The van der Waals surface area contributed by atoms with Gasteiger partial charge in [0.05, 0.1) is 5.25 Å². The third-order valence-corrected chi connectivity index (χ3v) is 4.62. The van der Waals surface area contributed by atoms with Crippen LogP contribution >= 0.6 is 0 Å². The van der Waals surface area contributed by atoms with Crippen molar-refractivity contribution in [3.8, 4) is 0 Å². The van der Waals surface area contributed by atoms with Crippen LogP contribution in [0.15, 0.2) is 0 Å². The van der Waals surface area contributed by atoms with Crippen LogP contribution < -0.4 is 5.32 Å². The third-order valence-electron chi connectivity index (χ3n) is 2.98. The molecule has 92 valence electrons. The molecule has 0 aromatic rings. The Balaban J connectivity index is 4.65. The van der Waals surface area contributed by atoms with Gasteiger partial charge in [-0.2, -0.15) is 0 Å². The van der Waals surface area contributed by atoms with Crippen LogP contribution in [0.3, 0.4) is 0 Å². The monoisotopic (exact) mass is 235 g/mol. The SMILES string of the molecule is CCCC(C)C(NCC)C(C)S(C)(=O)=O. The highest BCUT2D eigenvalue weighted by molar-refractivity contribution is 7.91. The first kappa shape index (κ1) is 14.9. The van der Waals surface area contributed by atoms with Crippen LogP contribution in [0.5, 0.6) is 0 Å². The number of hydrogen-bond acceptors (Lipinski definition) is 3. The maximum absolute atomic E-state index is 11.5. The normalized spacial score (nSPS) is 18.5. The van der Waals surface area contributed by atoms with E-state index in [9.17, 15) is 8.42 Å². The van der Waals surface area contributed by atoms with Gasteiger partial charge in [0.15, 0.2) is 9.84 Å². The van der Waals surface area contributed by atoms with Crippen molar-refractivity contribution in [1.29, 1.82) is 0 Å². The molecule has 0 rings (SSSR count). The van der Waals surface area contributed by atoms with Gasteiger partial charge in [-0.05, 0) is 25.8 Å². The van der Waals surface area contributed by atoms with Crippen molar-refractivity contribution in [2.45, 2.75) is 51.8 Å². The Morgan fingerprint density at radius 2 is 1.73 bits per heavy atom. The molecule has 4 heteroatoms. The molecule has 0 aromatic heterocycles. The fourth-order valence-electron chi connectivity index (χ4n) is 1.97. The first-order valence-electron chi connectivity index (χ1n) is 5.76. The van der Waals surface area contributed by atoms with Crippen LogP contribution in [-0.4, -0.2) is 32.5 Å². The smallest absolute Gasteiger partial charge is 0.151 e. The molecule has 15 heavy (non-hydrogen) atoms. The Morgan fingerprint density at radius 1 is 1.20 bits per heavy atom.